The van der Waals surface area contributed by atoms with Gasteiger partial charge in [0.2, 0.25) is 0 Å². The summed E-state index contributed by atoms with van der Waals surface area (Å²) in [7, 11) is 0. The maximum atomic E-state index is 10.6. The van der Waals surface area contributed by atoms with E-state index < -0.39 is 5.97 Å². The van der Waals surface area contributed by atoms with Crippen molar-refractivity contribution >= 4 is 23.4 Å². The molecule has 0 aliphatic rings. The van der Waals surface area contributed by atoms with E-state index in [4.69, 9.17) is 9.52 Å². The highest BCUT2D eigenvalue weighted by atomic mass is 16.4. The minimum absolute atomic E-state index is 0.0318. The van der Waals surface area contributed by atoms with Crippen molar-refractivity contribution < 1.29 is 19.1 Å². The number of carbonyl (C=O) groups is 2. The highest BCUT2D eigenvalue weighted by Crippen LogP contribution is 2.17. The van der Waals surface area contributed by atoms with E-state index in [2.05, 4.69) is 4.98 Å². The Bertz CT molecular complexity index is 515. The van der Waals surface area contributed by atoms with Crippen molar-refractivity contribution in [3.05, 3.63) is 29.7 Å². The maximum absolute atomic E-state index is 10.6. The van der Waals surface area contributed by atoms with E-state index in [0.29, 0.717) is 17.4 Å². The van der Waals surface area contributed by atoms with Crippen LogP contribution in [-0.4, -0.2) is 22.3 Å². The highest BCUT2D eigenvalue weighted by Gasteiger charge is 2.08. The smallest absolute Gasteiger partial charge is 0.337 e. The van der Waals surface area contributed by atoms with Crippen LogP contribution in [0.3, 0.4) is 0 Å². The average Bonchev–Trinajstić information content (AvgIpc) is 2.58. The fraction of sp³-hybridized carbons (Fsp3) is 0. The zero-order valence-electron chi connectivity index (χ0n) is 6.93. The van der Waals surface area contributed by atoms with Gasteiger partial charge < -0.3 is 9.52 Å². The van der Waals surface area contributed by atoms with E-state index in [1.54, 1.807) is 0 Å². The summed E-state index contributed by atoms with van der Waals surface area (Å²) >= 11 is 0. The first-order valence-electron chi connectivity index (χ1n) is 3.79. The maximum Gasteiger partial charge on any atom is 0.337 e. The van der Waals surface area contributed by atoms with Crippen molar-refractivity contribution in [2.75, 3.05) is 0 Å². The Kier molecular flexibility index (Phi) is 1.78. The number of carboxylic acid groups (broad SMARTS) is 1. The van der Waals surface area contributed by atoms with Gasteiger partial charge in [0.05, 0.1) is 5.56 Å². The summed E-state index contributed by atoms with van der Waals surface area (Å²) in [5, 5.41) is 8.66. The molecule has 70 valence electrons. The predicted molar refractivity (Wildman–Crippen MR) is 46.4 cm³/mol. The molecule has 2 rings (SSSR count). The zero-order chi connectivity index (χ0) is 10.1. The summed E-state index contributed by atoms with van der Waals surface area (Å²) in [6.45, 7) is 0. The summed E-state index contributed by atoms with van der Waals surface area (Å²) < 4.78 is 5.01. The number of aromatic carboxylic acids is 1. The van der Waals surface area contributed by atoms with Crippen molar-refractivity contribution in [2.24, 2.45) is 0 Å². The predicted octanol–water partition coefficient (Wildman–Crippen LogP) is 1.34. The molecule has 0 unspecified atom stereocenters. The van der Waals surface area contributed by atoms with Crippen molar-refractivity contribution in [2.45, 2.75) is 0 Å². The van der Waals surface area contributed by atoms with Gasteiger partial charge in [-0.25, -0.2) is 4.79 Å². The third-order valence-corrected chi connectivity index (χ3v) is 1.75. The molecule has 0 amide bonds. The van der Waals surface area contributed by atoms with Gasteiger partial charge >= 0.3 is 5.97 Å². The molecule has 5 nitrogen and oxygen atoms in total. The molecule has 0 aliphatic carbocycles. The lowest BCUT2D eigenvalue weighted by Gasteiger charge is -1.91. The fourth-order valence-electron chi connectivity index (χ4n) is 1.11. The van der Waals surface area contributed by atoms with Crippen LogP contribution in [0, 0.1) is 0 Å². The van der Waals surface area contributed by atoms with Gasteiger partial charge in [-0.2, -0.15) is 0 Å². The molecule has 0 fully saturated rings. The number of fused-ring (bicyclic) bond motifs is 1. The summed E-state index contributed by atoms with van der Waals surface area (Å²) in [5.74, 6) is -0.946. The standard InChI is InChI=1S/C9H5NO4/c11-4-6-2-7-8(14-6)1-5(3-10-7)9(12)13/h1-4H,(H,12,13). The van der Waals surface area contributed by atoms with Gasteiger partial charge in [-0.15, -0.1) is 0 Å². The number of carboxylic acids is 1. The third-order valence-electron chi connectivity index (χ3n) is 1.75. The van der Waals surface area contributed by atoms with E-state index in [1.165, 1.54) is 18.3 Å². The summed E-state index contributed by atoms with van der Waals surface area (Å²) in [4.78, 5) is 24.8. The average molecular weight is 191 g/mol. The van der Waals surface area contributed by atoms with Crippen molar-refractivity contribution in [1.29, 1.82) is 0 Å². The van der Waals surface area contributed by atoms with Gasteiger partial charge in [0.1, 0.15) is 5.52 Å². The van der Waals surface area contributed by atoms with Gasteiger partial charge in [0, 0.05) is 12.3 Å². The van der Waals surface area contributed by atoms with Gasteiger partial charge in [0.15, 0.2) is 17.6 Å². The zero-order valence-corrected chi connectivity index (χ0v) is 6.93. The molecule has 0 radical (unpaired) electrons. The van der Waals surface area contributed by atoms with E-state index in [1.807, 2.05) is 0 Å². The quantitative estimate of drug-likeness (QED) is 0.724. The molecule has 0 aliphatic heterocycles. The lowest BCUT2D eigenvalue weighted by Crippen LogP contribution is -1.95. The van der Waals surface area contributed by atoms with Gasteiger partial charge in [-0.1, -0.05) is 0 Å². The van der Waals surface area contributed by atoms with Crippen LogP contribution in [0.5, 0.6) is 0 Å². The van der Waals surface area contributed by atoms with Crippen LogP contribution in [0.15, 0.2) is 22.7 Å². The number of hydrogen-bond acceptors (Lipinski definition) is 4. The Hall–Kier alpha value is -2.17. The van der Waals surface area contributed by atoms with Crippen LogP contribution in [-0.2, 0) is 0 Å². The topological polar surface area (TPSA) is 80.4 Å². The second-order valence-electron chi connectivity index (χ2n) is 2.68. The van der Waals surface area contributed by atoms with Crippen LogP contribution in [0.1, 0.15) is 20.9 Å². The van der Waals surface area contributed by atoms with E-state index >= 15 is 0 Å². The Balaban J connectivity index is 2.65. The van der Waals surface area contributed by atoms with Crippen LogP contribution in [0.2, 0.25) is 0 Å². The molecule has 2 aromatic heterocycles. The van der Waals surface area contributed by atoms with Crippen molar-refractivity contribution in [3.63, 3.8) is 0 Å². The van der Waals surface area contributed by atoms with Crippen LogP contribution >= 0.6 is 0 Å². The van der Waals surface area contributed by atoms with Gasteiger partial charge in [-0.3, -0.25) is 9.78 Å². The first-order chi connectivity index (χ1) is 6.70. The molecule has 14 heavy (non-hydrogen) atoms. The van der Waals surface area contributed by atoms with Crippen LogP contribution < -0.4 is 0 Å². The number of nitrogens with zero attached hydrogens (tertiary/aromatic N) is 1. The first kappa shape index (κ1) is 8.43. The van der Waals surface area contributed by atoms with E-state index in [0.717, 1.165) is 0 Å². The van der Waals surface area contributed by atoms with Gasteiger partial charge in [-0.05, 0) is 6.07 Å². The van der Waals surface area contributed by atoms with Crippen molar-refractivity contribution in [3.8, 4) is 0 Å². The monoisotopic (exact) mass is 191 g/mol. The van der Waals surface area contributed by atoms with Crippen molar-refractivity contribution in [1.82, 2.24) is 4.98 Å². The third kappa shape index (κ3) is 1.24. The Morgan fingerprint density at radius 1 is 1.50 bits per heavy atom. The second kappa shape index (κ2) is 2.95. The highest BCUT2D eigenvalue weighted by molar-refractivity contribution is 5.92. The molecule has 2 aromatic rings. The number of rotatable bonds is 2. The number of aldehydes is 1. The lowest BCUT2D eigenvalue weighted by atomic mass is 10.2. The molecule has 5 heteroatoms. The number of hydrogen-bond donors (Lipinski definition) is 1. The number of furan rings is 1. The minimum atomic E-state index is -1.08. The number of carbonyl (C=O) groups excluding carboxylic acids is 1. The Morgan fingerprint density at radius 2 is 2.29 bits per heavy atom. The molecule has 0 saturated heterocycles. The van der Waals surface area contributed by atoms with Gasteiger partial charge in [0.25, 0.3) is 0 Å². The lowest BCUT2D eigenvalue weighted by molar-refractivity contribution is 0.0696. The molecule has 1 N–H and O–H groups in total. The first-order valence-corrected chi connectivity index (χ1v) is 3.79. The Labute approximate surface area is 78.0 Å². The molecule has 0 atom stereocenters. The molecular formula is C9H5NO4. The Morgan fingerprint density at radius 3 is 2.93 bits per heavy atom. The number of pyridine rings is 1. The number of aromatic nitrogens is 1. The fourth-order valence-corrected chi connectivity index (χ4v) is 1.11. The summed E-state index contributed by atoms with van der Waals surface area (Å²) in [5.41, 5.74) is 0.799. The molecular weight excluding hydrogens is 186 g/mol. The second-order valence-corrected chi connectivity index (χ2v) is 2.68. The summed E-state index contributed by atoms with van der Waals surface area (Å²) in [6.07, 6.45) is 1.76. The summed E-state index contributed by atoms with van der Waals surface area (Å²) in [6, 6.07) is 2.78. The van der Waals surface area contributed by atoms with E-state index in [9.17, 15) is 9.59 Å². The van der Waals surface area contributed by atoms with Crippen LogP contribution in [0.4, 0.5) is 0 Å². The molecule has 0 saturated carbocycles. The largest absolute Gasteiger partial charge is 0.478 e. The van der Waals surface area contributed by atoms with Crippen LogP contribution in [0.25, 0.3) is 11.1 Å². The normalized spacial score (nSPS) is 10.3. The molecule has 2 heterocycles. The molecule has 0 bridgehead atoms. The van der Waals surface area contributed by atoms with E-state index in [-0.39, 0.29) is 11.3 Å². The SMILES string of the molecule is O=Cc1cc2ncc(C(=O)O)cc2o1. The molecule has 0 spiro atoms. The molecule has 0 aromatic carbocycles. The minimum Gasteiger partial charge on any atom is -0.478 e.